The van der Waals surface area contributed by atoms with E-state index < -0.39 is 8.32 Å². The van der Waals surface area contributed by atoms with Gasteiger partial charge in [0, 0.05) is 12.0 Å². The minimum Gasteiger partial charge on any atom is -0.414 e. The molecule has 1 aliphatic heterocycles. The van der Waals surface area contributed by atoms with E-state index in [4.69, 9.17) is 13.9 Å². The Morgan fingerprint density at radius 3 is 2.43 bits per heavy atom. The van der Waals surface area contributed by atoms with Gasteiger partial charge in [-0.2, -0.15) is 0 Å². The summed E-state index contributed by atoms with van der Waals surface area (Å²) in [5, 5.41) is 0.254. The molecule has 0 amide bonds. The van der Waals surface area contributed by atoms with Crippen molar-refractivity contribution in [3.8, 4) is 0 Å². The lowest BCUT2D eigenvalue weighted by molar-refractivity contribution is -0.0314. The van der Waals surface area contributed by atoms with Gasteiger partial charge in [0.1, 0.15) is 0 Å². The van der Waals surface area contributed by atoms with E-state index in [1.807, 2.05) is 6.07 Å². The second kappa shape index (κ2) is 10.4. The minimum absolute atomic E-state index is 0.254. The highest BCUT2D eigenvalue weighted by atomic mass is 28.4. The Labute approximate surface area is 174 Å². The maximum absolute atomic E-state index is 6.66. The van der Waals surface area contributed by atoms with Crippen molar-refractivity contribution >= 4 is 8.32 Å². The Kier molecular flexibility index (Phi) is 8.74. The summed E-state index contributed by atoms with van der Waals surface area (Å²) in [7, 11) is -1.73. The molecule has 0 aromatic heterocycles. The smallest absolute Gasteiger partial charge is 0.192 e. The Bertz CT molecular complexity index is 567. The van der Waals surface area contributed by atoms with Gasteiger partial charge in [-0.3, -0.25) is 0 Å². The molecular formula is C24H42O3Si. The third-order valence-electron chi connectivity index (χ3n) is 6.52. The maximum Gasteiger partial charge on any atom is 0.192 e. The molecule has 0 bridgehead atoms. The van der Waals surface area contributed by atoms with E-state index in [1.54, 1.807) is 0 Å². The zero-order chi connectivity index (χ0) is 20.8. The van der Waals surface area contributed by atoms with Gasteiger partial charge in [0.25, 0.3) is 0 Å². The van der Waals surface area contributed by atoms with E-state index >= 15 is 0 Å². The fourth-order valence-corrected chi connectivity index (χ4v) is 5.00. The molecule has 2 rings (SSSR count). The van der Waals surface area contributed by atoms with E-state index in [2.05, 4.69) is 72.0 Å². The van der Waals surface area contributed by atoms with Gasteiger partial charge < -0.3 is 13.9 Å². The summed E-state index contributed by atoms with van der Waals surface area (Å²) >= 11 is 0. The molecule has 1 aromatic rings. The van der Waals surface area contributed by atoms with Crippen LogP contribution in [0.5, 0.6) is 0 Å². The summed E-state index contributed by atoms with van der Waals surface area (Å²) in [6.07, 6.45) is 5.32. The lowest BCUT2D eigenvalue weighted by Crippen LogP contribution is -2.44. The monoisotopic (exact) mass is 406 g/mol. The van der Waals surface area contributed by atoms with Crippen LogP contribution in [-0.4, -0.2) is 33.2 Å². The molecule has 28 heavy (non-hydrogen) atoms. The van der Waals surface area contributed by atoms with Crippen LogP contribution in [0, 0.1) is 5.92 Å². The van der Waals surface area contributed by atoms with Crippen LogP contribution in [0.25, 0.3) is 0 Å². The van der Waals surface area contributed by atoms with Crippen LogP contribution in [0.2, 0.25) is 18.1 Å². The molecule has 1 fully saturated rings. The summed E-state index contributed by atoms with van der Waals surface area (Å²) in [6, 6.07) is 10.4. The molecule has 0 radical (unpaired) electrons. The van der Waals surface area contributed by atoms with E-state index in [1.165, 1.54) is 5.56 Å². The third kappa shape index (κ3) is 6.98. The molecule has 0 N–H and O–H groups in total. The third-order valence-corrected chi connectivity index (χ3v) is 11.1. The van der Waals surface area contributed by atoms with Crippen molar-refractivity contribution in [1.29, 1.82) is 0 Å². The zero-order valence-electron chi connectivity index (χ0n) is 19.2. The number of hydrogen-bond donors (Lipinski definition) is 0. The fraction of sp³-hybridized carbons (Fsp3) is 0.750. The molecule has 1 heterocycles. The summed E-state index contributed by atoms with van der Waals surface area (Å²) in [4.78, 5) is 0. The predicted molar refractivity (Wildman–Crippen MR) is 120 cm³/mol. The summed E-state index contributed by atoms with van der Waals surface area (Å²) in [6.45, 7) is 17.6. The van der Waals surface area contributed by atoms with Gasteiger partial charge in [-0.15, -0.1) is 0 Å². The minimum atomic E-state index is -1.73. The van der Waals surface area contributed by atoms with Crippen LogP contribution in [0.15, 0.2) is 30.3 Å². The first-order chi connectivity index (χ1) is 13.1. The molecule has 3 nitrogen and oxygen atoms in total. The average Bonchev–Trinajstić information content (AvgIpc) is 3.09. The number of ether oxygens (including phenoxy) is 2. The van der Waals surface area contributed by atoms with Crippen molar-refractivity contribution in [2.75, 3.05) is 6.61 Å². The van der Waals surface area contributed by atoms with Gasteiger partial charge in [-0.1, -0.05) is 65.0 Å². The molecule has 0 aliphatic carbocycles. The number of benzene rings is 1. The molecule has 1 aliphatic rings. The van der Waals surface area contributed by atoms with Gasteiger partial charge in [0.15, 0.2) is 8.32 Å². The van der Waals surface area contributed by atoms with Gasteiger partial charge in [0.05, 0.1) is 25.4 Å². The van der Waals surface area contributed by atoms with E-state index in [-0.39, 0.29) is 5.04 Å². The van der Waals surface area contributed by atoms with Crippen LogP contribution in [0.1, 0.15) is 65.9 Å². The SMILES string of the molecule is CC[C@H](C[C@H]1CC[C@@H]([C@H](C)COCc2ccccc2)O1)O[Si](C)(C)C(C)(C)C. The normalized spacial score (nSPS) is 23.0. The Morgan fingerprint density at radius 2 is 1.82 bits per heavy atom. The van der Waals surface area contributed by atoms with Gasteiger partial charge in [-0.05, 0) is 49.4 Å². The second-order valence-electron chi connectivity index (χ2n) is 10.00. The standard InChI is InChI=1S/C24H42O3Si/c1-8-21(27-28(6,7)24(3,4)5)16-22-14-15-23(26-22)19(2)17-25-18-20-12-10-9-11-13-20/h9-13,19,21-23H,8,14-18H2,1-7H3/t19-,21-,22-,23+/m1/s1. The van der Waals surface area contributed by atoms with E-state index in [0.29, 0.717) is 30.8 Å². The van der Waals surface area contributed by atoms with Crippen molar-refractivity contribution in [3.05, 3.63) is 35.9 Å². The summed E-state index contributed by atoms with van der Waals surface area (Å²) < 4.78 is 19.0. The highest BCUT2D eigenvalue weighted by molar-refractivity contribution is 6.74. The maximum atomic E-state index is 6.66. The van der Waals surface area contributed by atoms with Gasteiger partial charge in [0.2, 0.25) is 0 Å². The topological polar surface area (TPSA) is 27.7 Å². The fourth-order valence-electron chi connectivity index (χ4n) is 3.55. The van der Waals surface area contributed by atoms with E-state index in [9.17, 15) is 0 Å². The van der Waals surface area contributed by atoms with Gasteiger partial charge in [-0.25, -0.2) is 0 Å². The lowest BCUT2D eigenvalue weighted by Gasteiger charge is -2.39. The average molecular weight is 407 g/mol. The van der Waals surface area contributed by atoms with Crippen LogP contribution < -0.4 is 0 Å². The Balaban J connectivity index is 1.75. The molecule has 0 spiro atoms. The molecule has 0 saturated carbocycles. The van der Waals surface area contributed by atoms with Gasteiger partial charge >= 0.3 is 0 Å². The number of hydrogen-bond acceptors (Lipinski definition) is 3. The largest absolute Gasteiger partial charge is 0.414 e. The molecule has 4 heteroatoms. The van der Waals surface area contributed by atoms with Crippen LogP contribution in [-0.2, 0) is 20.5 Å². The Morgan fingerprint density at radius 1 is 1.14 bits per heavy atom. The molecular weight excluding hydrogens is 364 g/mol. The van der Waals surface area contributed by atoms with Crippen LogP contribution in [0.3, 0.4) is 0 Å². The quantitative estimate of drug-likeness (QED) is 0.411. The first-order valence-electron chi connectivity index (χ1n) is 11.1. The highest BCUT2D eigenvalue weighted by Crippen LogP contribution is 2.39. The second-order valence-corrected chi connectivity index (χ2v) is 14.8. The zero-order valence-corrected chi connectivity index (χ0v) is 20.2. The predicted octanol–water partition coefficient (Wildman–Crippen LogP) is 6.58. The molecule has 160 valence electrons. The Hall–Kier alpha value is -0.683. The first-order valence-corrected chi connectivity index (χ1v) is 14.0. The van der Waals surface area contributed by atoms with Crippen LogP contribution >= 0.6 is 0 Å². The van der Waals surface area contributed by atoms with Crippen molar-refractivity contribution in [2.24, 2.45) is 5.92 Å². The van der Waals surface area contributed by atoms with Crippen molar-refractivity contribution in [1.82, 2.24) is 0 Å². The molecule has 4 atom stereocenters. The molecule has 0 unspecified atom stereocenters. The summed E-state index contributed by atoms with van der Waals surface area (Å²) in [5.41, 5.74) is 1.23. The molecule has 1 saturated heterocycles. The lowest BCUT2D eigenvalue weighted by atomic mass is 10.0. The first kappa shape index (κ1) is 23.6. The van der Waals surface area contributed by atoms with Crippen molar-refractivity contribution in [3.63, 3.8) is 0 Å². The molecule has 1 aromatic carbocycles. The highest BCUT2D eigenvalue weighted by Gasteiger charge is 2.40. The van der Waals surface area contributed by atoms with Crippen LogP contribution in [0.4, 0.5) is 0 Å². The van der Waals surface area contributed by atoms with E-state index in [0.717, 1.165) is 32.3 Å². The number of rotatable bonds is 10. The summed E-state index contributed by atoms with van der Waals surface area (Å²) in [5.74, 6) is 0.426. The van der Waals surface area contributed by atoms with Crippen molar-refractivity contribution in [2.45, 2.75) is 103 Å². The van der Waals surface area contributed by atoms with Crippen molar-refractivity contribution < 1.29 is 13.9 Å².